The Balaban J connectivity index is 3.04. The molecule has 0 spiro atoms. The summed E-state index contributed by atoms with van der Waals surface area (Å²) in [7, 11) is 0. The van der Waals surface area contributed by atoms with Crippen molar-refractivity contribution in [2.75, 3.05) is 11.9 Å². The molecule has 0 aliphatic heterocycles. The number of alkyl halides is 2. The maximum absolute atomic E-state index is 12.7. The summed E-state index contributed by atoms with van der Waals surface area (Å²) < 4.78 is 73.7. The molecule has 0 radical (unpaired) electrons. The maximum Gasteiger partial charge on any atom is 0.255 e. The summed E-state index contributed by atoms with van der Waals surface area (Å²) in [6.07, 6.45) is -2.91. The fraction of sp³-hybridized carbons (Fsp3) is 0.286. The molecule has 0 unspecified atom stereocenters. The number of aromatic nitrogens is 1. The number of hydrogen-bond acceptors (Lipinski definition) is 2. The summed E-state index contributed by atoms with van der Waals surface area (Å²) in [5, 5.41) is 1.54. The Bertz CT molecular complexity index is 341. The van der Waals surface area contributed by atoms with Gasteiger partial charge < -0.3 is 5.32 Å². The van der Waals surface area contributed by atoms with Gasteiger partial charge in [0.05, 0.1) is 6.54 Å². The van der Waals surface area contributed by atoms with E-state index in [0.29, 0.717) is 0 Å². The molecule has 0 atom stereocenters. The first kappa shape index (κ1) is 11.6. The lowest BCUT2D eigenvalue weighted by atomic mass is 10.3. The summed E-state index contributed by atoms with van der Waals surface area (Å²) in [6, 6.07) is 0. The molecular formula is C7H4F6N2. The van der Waals surface area contributed by atoms with Crippen molar-refractivity contribution >= 4 is 5.69 Å². The second kappa shape index (κ2) is 4.37. The fourth-order valence-electron chi connectivity index (χ4n) is 0.821. The van der Waals surface area contributed by atoms with Crippen LogP contribution in [0.5, 0.6) is 0 Å². The molecule has 1 N–H and O–H groups in total. The van der Waals surface area contributed by atoms with Crippen LogP contribution in [0.25, 0.3) is 0 Å². The van der Waals surface area contributed by atoms with E-state index in [-0.39, 0.29) is 0 Å². The second-order valence-corrected chi connectivity index (χ2v) is 2.47. The molecule has 1 aromatic rings. The average molecular weight is 230 g/mol. The molecule has 0 aliphatic rings. The van der Waals surface area contributed by atoms with Crippen molar-refractivity contribution < 1.29 is 26.3 Å². The summed E-state index contributed by atoms with van der Waals surface area (Å²) in [5.41, 5.74) is -1.29. The third kappa shape index (κ3) is 2.51. The predicted octanol–water partition coefficient (Wildman–Crippen LogP) is 2.32. The summed E-state index contributed by atoms with van der Waals surface area (Å²) in [5.74, 6) is -7.47. The minimum absolute atomic E-state index is 1.13. The van der Waals surface area contributed by atoms with Gasteiger partial charge in [0.25, 0.3) is 18.3 Å². The van der Waals surface area contributed by atoms with Crippen molar-refractivity contribution in [1.82, 2.24) is 4.98 Å². The van der Waals surface area contributed by atoms with E-state index in [1.165, 1.54) is 0 Å². The molecule has 0 aromatic carbocycles. The predicted molar refractivity (Wildman–Crippen MR) is 38.6 cm³/mol. The summed E-state index contributed by atoms with van der Waals surface area (Å²) in [4.78, 5) is 2.25. The van der Waals surface area contributed by atoms with Gasteiger partial charge in [-0.1, -0.05) is 0 Å². The molecule has 15 heavy (non-hydrogen) atoms. The molecule has 0 saturated carbocycles. The zero-order valence-electron chi connectivity index (χ0n) is 7.00. The third-order valence-corrected chi connectivity index (χ3v) is 1.43. The zero-order chi connectivity index (χ0) is 11.6. The lowest BCUT2D eigenvalue weighted by Crippen LogP contribution is -2.15. The van der Waals surface area contributed by atoms with Gasteiger partial charge >= 0.3 is 0 Å². The lowest BCUT2D eigenvalue weighted by molar-refractivity contribution is 0.163. The first-order chi connectivity index (χ1) is 6.93. The smallest absolute Gasteiger partial charge is 0.255 e. The molecule has 0 amide bonds. The quantitative estimate of drug-likeness (QED) is 0.636. The number of pyridine rings is 1. The lowest BCUT2D eigenvalue weighted by Gasteiger charge is -2.08. The van der Waals surface area contributed by atoms with Crippen LogP contribution >= 0.6 is 0 Å². The van der Waals surface area contributed by atoms with Crippen LogP contribution in [0.15, 0.2) is 0 Å². The van der Waals surface area contributed by atoms with Gasteiger partial charge in [-0.2, -0.15) is 22.5 Å². The largest absolute Gasteiger partial charge is 0.374 e. The molecule has 8 heteroatoms. The summed E-state index contributed by atoms with van der Waals surface area (Å²) in [6.45, 7) is -1.13. The van der Waals surface area contributed by atoms with Crippen LogP contribution in [-0.4, -0.2) is 18.0 Å². The maximum atomic E-state index is 12.7. The number of hydrogen-bond donors (Lipinski definition) is 1. The molecule has 0 bridgehead atoms. The SMILES string of the molecule is Fc1nc(F)c(F)c(NCC(F)F)c1F. The number of nitrogens with one attached hydrogen (secondary N) is 1. The average Bonchev–Trinajstić information content (AvgIpc) is 2.14. The van der Waals surface area contributed by atoms with Crippen LogP contribution in [0, 0.1) is 23.5 Å². The van der Waals surface area contributed by atoms with Gasteiger partial charge in [-0.3, -0.25) is 0 Å². The minimum Gasteiger partial charge on any atom is -0.374 e. The van der Waals surface area contributed by atoms with Gasteiger partial charge in [-0.25, -0.2) is 8.78 Å². The van der Waals surface area contributed by atoms with E-state index < -0.39 is 42.2 Å². The Morgan fingerprint density at radius 1 is 1.00 bits per heavy atom. The molecule has 1 rings (SSSR count). The van der Waals surface area contributed by atoms with Gasteiger partial charge in [0.1, 0.15) is 5.69 Å². The van der Waals surface area contributed by atoms with Crippen LogP contribution in [-0.2, 0) is 0 Å². The number of nitrogens with zero attached hydrogens (tertiary/aromatic N) is 1. The van der Waals surface area contributed by atoms with Crippen LogP contribution in [0.4, 0.5) is 32.0 Å². The number of halogens is 6. The van der Waals surface area contributed by atoms with E-state index in [9.17, 15) is 26.3 Å². The summed E-state index contributed by atoms with van der Waals surface area (Å²) >= 11 is 0. The Kier molecular flexibility index (Phi) is 3.38. The van der Waals surface area contributed by atoms with Gasteiger partial charge in [-0.05, 0) is 0 Å². The highest BCUT2D eigenvalue weighted by atomic mass is 19.3. The zero-order valence-corrected chi connectivity index (χ0v) is 7.00. The molecule has 84 valence electrons. The second-order valence-electron chi connectivity index (χ2n) is 2.47. The van der Waals surface area contributed by atoms with Crippen molar-refractivity contribution in [2.45, 2.75) is 6.43 Å². The Labute approximate surface area is 79.9 Å². The van der Waals surface area contributed by atoms with Crippen molar-refractivity contribution in [3.63, 3.8) is 0 Å². The van der Waals surface area contributed by atoms with Crippen molar-refractivity contribution in [3.05, 3.63) is 23.5 Å². The molecular weight excluding hydrogens is 226 g/mol. The molecule has 1 heterocycles. The van der Waals surface area contributed by atoms with E-state index in [0.717, 1.165) is 0 Å². The first-order valence-electron chi connectivity index (χ1n) is 3.65. The highest BCUT2D eigenvalue weighted by Crippen LogP contribution is 2.21. The number of rotatable bonds is 3. The minimum atomic E-state index is -2.91. The molecule has 1 aromatic heterocycles. The van der Waals surface area contributed by atoms with Gasteiger partial charge in [0.2, 0.25) is 11.6 Å². The van der Waals surface area contributed by atoms with Gasteiger partial charge in [0, 0.05) is 0 Å². The van der Waals surface area contributed by atoms with Crippen LogP contribution < -0.4 is 5.32 Å². The van der Waals surface area contributed by atoms with E-state index in [2.05, 4.69) is 4.98 Å². The highest BCUT2D eigenvalue weighted by Gasteiger charge is 2.21. The molecule has 0 aliphatic carbocycles. The van der Waals surface area contributed by atoms with Gasteiger partial charge in [-0.15, -0.1) is 0 Å². The van der Waals surface area contributed by atoms with E-state index in [4.69, 9.17) is 0 Å². The third-order valence-electron chi connectivity index (χ3n) is 1.43. The van der Waals surface area contributed by atoms with Gasteiger partial charge in [0.15, 0.2) is 0 Å². The molecule has 0 fully saturated rings. The van der Waals surface area contributed by atoms with Crippen LogP contribution in [0.3, 0.4) is 0 Å². The normalized spacial score (nSPS) is 10.9. The van der Waals surface area contributed by atoms with Crippen LogP contribution in [0.2, 0.25) is 0 Å². The van der Waals surface area contributed by atoms with Crippen molar-refractivity contribution in [1.29, 1.82) is 0 Å². The van der Waals surface area contributed by atoms with E-state index in [1.807, 2.05) is 0 Å². The fourth-order valence-corrected chi connectivity index (χ4v) is 0.821. The Hall–Kier alpha value is -1.47. The first-order valence-corrected chi connectivity index (χ1v) is 3.65. The highest BCUT2D eigenvalue weighted by molar-refractivity contribution is 5.45. The van der Waals surface area contributed by atoms with Crippen LogP contribution in [0.1, 0.15) is 0 Å². The van der Waals surface area contributed by atoms with Crippen molar-refractivity contribution in [2.24, 2.45) is 0 Å². The molecule has 2 nitrogen and oxygen atoms in total. The Morgan fingerprint density at radius 3 is 1.87 bits per heavy atom. The van der Waals surface area contributed by atoms with E-state index in [1.54, 1.807) is 5.32 Å². The number of anilines is 1. The van der Waals surface area contributed by atoms with Crippen molar-refractivity contribution in [3.8, 4) is 0 Å². The van der Waals surface area contributed by atoms with E-state index >= 15 is 0 Å². The molecule has 0 saturated heterocycles. The standard InChI is InChI=1S/C7H4F6N2/c8-2(9)1-14-5-3(10)6(12)15-7(13)4(5)11/h2H,1H2,(H,14,15). The monoisotopic (exact) mass is 230 g/mol. The Morgan fingerprint density at radius 2 is 1.47 bits per heavy atom. The topological polar surface area (TPSA) is 24.9 Å².